The molecule has 5 rings (SSSR count). The third kappa shape index (κ3) is 5.57. The van der Waals surface area contributed by atoms with Gasteiger partial charge in [-0.25, -0.2) is 4.98 Å². The third-order valence-corrected chi connectivity index (χ3v) is 6.95. The number of hydrogen-bond acceptors (Lipinski definition) is 4. The summed E-state index contributed by atoms with van der Waals surface area (Å²) in [5.74, 6) is 0.469. The second kappa shape index (κ2) is 10.4. The smallest absolute Gasteiger partial charge is 0.252 e. The van der Waals surface area contributed by atoms with Crippen molar-refractivity contribution in [3.63, 3.8) is 0 Å². The van der Waals surface area contributed by atoms with Crippen LogP contribution in [0, 0.1) is 19.8 Å². The van der Waals surface area contributed by atoms with Gasteiger partial charge in [-0.15, -0.1) is 0 Å². The average Bonchev–Trinajstić information content (AvgIpc) is 2.89. The Morgan fingerprint density at radius 1 is 1.00 bits per heavy atom. The van der Waals surface area contributed by atoms with Gasteiger partial charge in [0, 0.05) is 36.4 Å². The molecule has 3 heterocycles. The van der Waals surface area contributed by atoms with E-state index in [0.717, 1.165) is 60.2 Å². The Hall–Kier alpha value is -3.57. The number of nitrogens with zero attached hydrogens (tertiary/aromatic N) is 3. The van der Waals surface area contributed by atoms with Crippen molar-refractivity contribution in [2.75, 3.05) is 19.6 Å². The van der Waals surface area contributed by atoms with E-state index in [0.29, 0.717) is 18.0 Å². The molecule has 1 fully saturated rings. The van der Waals surface area contributed by atoms with Crippen LogP contribution in [-0.2, 0) is 6.54 Å². The number of amides is 1. The molecule has 1 aliphatic rings. The van der Waals surface area contributed by atoms with Crippen LogP contribution < -0.4 is 5.32 Å². The van der Waals surface area contributed by atoms with Gasteiger partial charge in [-0.1, -0.05) is 41.5 Å². The molecule has 0 bridgehead atoms. The first-order chi connectivity index (χ1) is 17.0. The van der Waals surface area contributed by atoms with Gasteiger partial charge >= 0.3 is 0 Å². The fourth-order valence-electron chi connectivity index (χ4n) is 4.82. The Morgan fingerprint density at radius 2 is 1.77 bits per heavy atom. The lowest BCUT2D eigenvalue weighted by Crippen LogP contribution is -2.38. The molecule has 0 unspecified atom stereocenters. The first-order valence-electron chi connectivity index (χ1n) is 12.4. The van der Waals surface area contributed by atoms with E-state index in [9.17, 15) is 4.79 Å². The Kier molecular flexibility index (Phi) is 6.87. The molecule has 35 heavy (non-hydrogen) atoms. The standard InChI is InChI=1S/C30H32N4O/c1-21-5-8-24(9-6-21)20-34-14-11-23(12-15-34)18-32-30(35)27-17-29(25-4-3-13-31-19-25)33-28-10-7-22(2)16-26(27)28/h3-10,13,16-17,19,23H,11-12,14-15,18,20H2,1-2H3,(H,32,35). The van der Waals surface area contributed by atoms with E-state index >= 15 is 0 Å². The second-order valence-electron chi connectivity index (χ2n) is 9.73. The van der Waals surface area contributed by atoms with Gasteiger partial charge in [-0.3, -0.25) is 14.7 Å². The third-order valence-electron chi connectivity index (χ3n) is 6.95. The van der Waals surface area contributed by atoms with Crippen LogP contribution in [-0.4, -0.2) is 40.4 Å². The lowest BCUT2D eigenvalue weighted by Gasteiger charge is -2.32. The zero-order chi connectivity index (χ0) is 24.2. The molecular weight excluding hydrogens is 432 g/mol. The van der Waals surface area contributed by atoms with Crippen LogP contribution in [0.4, 0.5) is 0 Å². The summed E-state index contributed by atoms with van der Waals surface area (Å²) in [5.41, 5.74) is 6.96. The molecular formula is C30H32N4O. The fourth-order valence-corrected chi connectivity index (χ4v) is 4.82. The summed E-state index contributed by atoms with van der Waals surface area (Å²) >= 11 is 0. The first-order valence-corrected chi connectivity index (χ1v) is 12.4. The van der Waals surface area contributed by atoms with Crippen LogP contribution in [0.15, 0.2) is 73.1 Å². The zero-order valence-electron chi connectivity index (χ0n) is 20.5. The lowest BCUT2D eigenvalue weighted by molar-refractivity contribution is 0.0937. The van der Waals surface area contributed by atoms with E-state index in [1.165, 1.54) is 11.1 Å². The average molecular weight is 465 g/mol. The van der Waals surface area contributed by atoms with Crippen LogP contribution in [0.3, 0.4) is 0 Å². The molecule has 0 aliphatic carbocycles. The Bertz CT molecular complexity index is 1310. The van der Waals surface area contributed by atoms with Crippen molar-refractivity contribution in [1.29, 1.82) is 0 Å². The number of benzene rings is 2. The number of piperidine rings is 1. The van der Waals surface area contributed by atoms with Crippen molar-refractivity contribution < 1.29 is 4.79 Å². The SMILES string of the molecule is Cc1ccc(CN2CCC(CNC(=O)c3cc(-c4cccnc4)nc4ccc(C)cc34)CC2)cc1. The molecule has 1 saturated heterocycles. The lowest BCUT2D eigenvalue weighted by atomic mass is 9.96. The van der Waals surface area contributed by atoms with E-state index in [1.807, 2.05) is 43.3 Å². The van der Waals surface area contributed by atoms with Crippen molar-refractivity contribution in [2.45, 2.75) is 33.2 Å². The Morgan fingerprint density at radius 3 is 2.51 bits per heavy atom. The van der Waals surface area contributed by atoms with Crippen LogP contribution in [0.5, 0.6) is 0 Å². The molecule has 0 saturated carbocycles. The fraction of sp³-hybridized carbons (Fsp3) is 0.300. The number of pyridine rings is 2. The molecule has 1 amide bonds. The molecule has 1 N–H and O–H groups in total. The predicted octanol–water partition coefficient (Wildman–Crippen LogP) is 5.56. The minimum atomic E-state index is -0.0322. The summed E-state index contributed by atoms with van der Waals surface area (Å²) in [6, 6.07) is 20.7. The van der Waals surface area contributed by atoms with Gasteiger partial charge in [0.05, 0.1) is 16.8 Å². The Balaban J connectivity index is 1.25. The maximum atomic E-state index is 13.4. The normalized spacial score (nSPS) is 14.8. The summed E-state index contributed by atoms with van der Waals surface area (Å²) in [4.78, 5) is 24.9. The highest BCUT2D eigenvalue weighted by Crippen LogP contribution is 2.26. The van der Waals surface area contributed by atoms with Crippen LogP contribution in [0.25, 0.3) is 22.2 Å². The predicted molar refractivity (Wildman–Crippen MR) is 141 cm³/mol. The van der Waals surface area contributed by atoms with E-state index in [2.05, 4.69) is 46.4 Å². The van der Waals surface area contributed by atoms with Crippen molar-refractivity contribution in [2.24, 2.45) is 5.92 Å². The number of aromatic nitrogens is 2. The minimum absolute atomic E-state index is 0.0322. The highest BCUT2D eigenvalue weighted by molar-refractivity contribution is 6.07. The number of likely N-dealkylation sites (tertiary alicyclic amines) is 1. The molecule has 0 radical (unpaired) electrons. The molecule has 5 nitrogen and oxygen atoms in total. The molecule has 4 aromatic rings. The van der Waals surface area contributed by atoms with Crippen molar-refractivity contribution in [3.05, 3.63) is 95.3 Å². The summed E-state index contributed by atoms with van der Waals surface area (Å²) in [6.45, 7) is 8.00. The topological polar surface area (TPSA) is 58.1 Å². The molecule has 178 valence electrons. The van der Waals surface area contributed by atoms with E-state index < -0.39 is 0 Å². The summed E-state index contributed by atoms with van der Waals surface area (Å²) < 4.78 is 0. The van der Waals surface area contributed by atoms with Crippen molar-refractivity contribution in [3.8, 4) is 11.3 Å². The van der Waals surface area contributed by atoms with Gasteiger partial charge in [-0.05, 0) is 81.6 Å². The minimum Gasteiger partial charge on any atom is -0.352 e. The van der Waals surface area contributed by atoms with Crippen molar-refractivity contribution in [1.82, 2.24) is 20.2 Å². The quantitative estimate of drug-likeness (QED) is 0.406. The summed E-state index contributed by atoms with van der Waals surface area (Å²) in [7, 11) is 0. The number of rotatable bonds is 6. The largest absolute Gasteiger partial charge is 0.352 e. The maximum Gasteiger partial charge on any atom is 0.252 e. The van der Waals surface area contributed by atoms with Crippen molar-refractivity contribution >= 4 is 16.8 Å². The summed E-state index contributed by atoms with van der Waals surface area (Å²) in [6.07, 6.45) is 5.73. The first kappa shape index (κ1) is 23.2. The van der Waals surface area contributed by atoms with E-state index in [4.69, 9.17) is 4.98 Å². The molecule has 0 spiro atoms. The molecule has 2 aromatic heterocycles. The number of carbonyl (C=O) groups is 1. The second-order valence-corrected chi connectivity index (χ2v) is 9.73. The highest BCUT2D eigenvalue weighted by Gasteiger charge is 2.21. The van der Waals surface area contributed by atoms with Gasteiger partial charge in [0.2, 0.25) is 0 Å². The van der Waals surface area contributed by atoms with Gasteiger partial charge in [0.1, 0.15) is 0 Å². The van der Waals surface area contributed by atoms with Crippen LogP contribution in [0.2, 0.25) is 0 Å². The number of carbonyl (C=O) groups excluding carboxylic acids is 1. The highest BCUT2D eigenvalue weighted by atomic mass is 16.1. The van der Waals surface area contributed by atoms with Gasteiger partial charge in [0.25, 0.3) is 5.91 Å². The molecule has 5 heteroatoms. The Labute approximate surface area is 207 Å². The maximum absolute atomic E-state index is 13.4. The van der Waals surface area contributed by atoms with Gasteiger partial charge in [-0.2, -0.15) is 0 Å². The zero-order valence-corrected chi connectivity index (χ0v) is 20.5. The van der Waals surface area contributed by atoms with Crippen LogP contribution in [0.1, 0.15) is 39.9 Å². The van der Waals surface area contributed by atoms with Gasteiger partial charge < -0.3 is 5.32 Å². The number of aryl methyl sites for hydroxylation is 2. The monoisotopic (exact) mass is 464 g/mol. The van der Waals surface area contributed by atoms with E-state index in [1.54, 1.807) is 12.4 Å². The van der Waals surface area contributed by atoms with E-state index in [-0.39, 0.29) is 5.91 Å². The summed E-state index contributed by atoms with van der Waals surface area (Å²) in [5, 5.41) is 4.12. The molecule has 2 aromatic carbocycles. The number of hydrogen-bond donors (Lipinski definition) is 1. The number of fused-ring (bicyclic) bond motifs is 1. The van der Waals surface area contributed by atoms with Crippen LogP contribution >= 0.6 is 0 Å². The molecule has 1 aliphatic heterocycles. The van der Waals surface area contributed by atoms with Gasteiger partial charge in [0.15, 0.2) is 0 Å². The number of nitrogens with one attached hydrogen (secondary N) is 1. The molecule has 0 atom stereocenters.